The number of nitrogens with two attached hydrogens (primary N) is 1. The van der Waals surface area contributed by atoms with Crippen LogP contribution in [0.25, 0.3) is 11.4 Å². The van der Waals surface area contributed by atoms with Gasteiger partial charge in [-0.1, -0.05) is 41.2 Å². The summed E-state index contributed by atoms with van der Waals surface area (Å²) in [5, 5.41) is 13.0. The Hall–Kier alpha value is -2.35. The molecule has 0 amide bonds. The van der Waals surface area contributed by atoms with Crippen LogP contribution in [0.5, 0.6) is 0 Å². The number of benzene rings is 1. The average molecular weight is 328 g/mol. The van der Waals surface area contributed by atoms with Crippen molar-refractivity contribution in [2.75, 3.05) is 5.84 Å². The Kier molecular flexibility index (Phi) is 3.53. The van der Waals surface area contributed by atoms with Crippen molar-refractivity contribution < 1.29 is 4.52 Å². The highest BCUT2D eigenvalue weighted by Gasteiger charge is 2.30. The second-order valence-electron chi connectivity index (χ2n) is 5.60. The Labute approximate surface area is 137 Å². The van der Waals surface area contributed by atoms with Gasteiger partial charge in [0.15, 0.2) is 5.82 Å². The van der Waals surface area contributed by atoms with Gasteiger partial charge < -0.3 is 10.4 Å². The van der Waals surface area contributed by atoms with E-state index in [1.807, 2.05) is 31.2 Å². The third-order valence-corrected chi connectivity index (χ3v) is 4.74. The normalized spacial score (nSPS) is 14.3. The molecular formula is C15H16N6OS. The lowest BCUT2D eigenvalue weighted by molar-refractivity contribution is 0.391. The van der Waals surface area contributed by atoms with E-state index in [9.17, 15) is 0 Å². The van der Waals surface area contributed by atoms with Crippen LogP contribution in [-0.2, 0) is 5.75 Å². The Morgan fingerprint density at radius 2 is 2.13 bits per heavy atom. The first kappa shape index (κ1) is 14.3. The van der Waals surface area contributed by atoms with Crippen LogP contribution in [0.2, 0.25) is 0 Å². The van der Waals surface area contributed by atoms with Crippen molar-refractivity contribution in [1.82, 2.24) is 25.0 Å². The van der Waals surface area contributed by atoms with E-state index in [0.717, 1.165) is 29.8 Å². The van der Waals surface area contributed by atoms with Gasteiger partial charge in [-0.05, 0) is 25.3 Å². The molecule has 2 aromatic heterocycles. The smallest absolute Gasteiger partial charge is 0.237 e. The number of thioether (sulfide) groups is 1. The zero-order valence-electron chi connectivity index (χ0n) is 12.6. The summed E-state index contributed by atoms with van der Waals surface area (Å²) in [6.45, 7) is 2.02. The third-order valence-electron chi connectivity index (χ3n) is 3.81. The zero-order valence-corrected chi connectivity index (χ0v) is 13.5. The molecule has 4 rings (SSSR count). The van der Waals surface area contributed by atoms with E-state index in [1.165, 1.54) is 11.8 Å². The van der Waals surface area contributed by atoms with E-state index >= 15 is 0 Å². The van der Waals surface area contributed by atoms with Gasteiger partial charge in [0.05, 0.1) is 5.75 Å². The minimum atomic E-state index is 0.470. The van der Waals surface area contributed by atoms with Crippen molar-refractivity contribution >= 4 is 11.8 Å². The quantitative estimate of drug-likeness (QED) is 0.568. The molecule has 2 N–H and O–H groups in total. The van der Waals surface area contributed by atoms with E-state index in [1.54, 1.807) is 4.68 Å². The van der Waals surface area contributed by atoms with Crippen LogP contribution in [0.15, 0.2) is 33.9 Å². The molecule has 0 aliphatic heterocycles. The first-order chi connectivity index (χ1) is 11.2. The first-order valence-electron chi connectivity index (χ1n) is 7.44. The summed E-state index contributed by atoms with van der Waals surface area (Å²) in [5.74, 6) is 9.02. The maximum atomic E-state index is 6.03. The van der Waals surface area contributed by atoms with Crippen molar-refractivity contribution in [2.45, 2.75) is 36.6 Å². The van der Waals surface area contributed by atoms with Gasteiger partial charge in [-0.25, -0.2) is 4.68 Å². The lowest BCUT2D eigenvalue weighted by atomic mass is 10.1. The largest absolute Gasteiger partial charge is 0.338 e. The van der Waals surface area contributed by atoms with E-state index in [4.69, 9.17) is 10.4 Å². The summed E-state index contributed by atoms with van der Waals surface area (Å²) >= 11 is 1.45. The fraction of sp³-hybridized carbons (Fsp3) is 0.333. The molecule has 3 aromatic rings. The Bertz CT molecular complexity index is 838. The number of nitrogen functional groups attached to an aromatic ring is 1. The molecule has 1 aromatic carbocycles. The van der Waals surface area contributed by atoms with E-state index in [2.05, 4.69) is 20.3 Å². The van der Waals surface area contributed by atoms with E-state index < -0.39 is 0 Å². The second-order valence-corrected chi connectivity index (χ2v) is 6.54. The lowest BCUT2D eigenvalue weighted by Crippen LogP contribution is -2.13. The van der Waals surface area contributed by atoms with Gasteiger partial charge in [0.2, 0.25) is 16.9 Å². The monoisotopic (exact) mass is 328 g/mol. The van der Waals surface area contributed by atoms with Crippen LogP contribution in [-0.4, -0.2) is 25.0 Å². The predicted octanol–water partition coefficient (Wildman–Crippen LogP) is 2.52. The molecule has 1 fully saturated rings. The zero-order chi connectivity index (χ0) is 15.8. The molecule has 8 heteroatoms. The molecule has 0 radical (unpaired) electrons. The van der Waals surface area contributed by atoms with Gasteiger partial charge in [-0.15, -0.1) is 10.2 Å². The molecular weight excluding hydrogens is 312 g/mol. The topological polar surface area (TPSA) is 95.7 Å². The lowest BCUT2D eigenvalue weighted by Gasteiger charge is -2.00. The molecule has 7 nitrogen and oxygen atoms in total. The summed E-state index contributed by atoms with van der Waals surface area (Å²) in [6, 6.07) is 7.95. The number of hydrogen-bond donors (Lipinski definition) is 1. The highest BCUT2D eigenvalue weighted by molar-refractivity contribution is 7.98. The minimum Gasteiger partial charge on any atom is -0.338 e. The SMILES string of the molecule is Cc1ccccc1-c1noc(CSc2nnc(C3CC3)n2N)n1. The fourth-order valence-electron chi connectivity index (χ4n) is 2.38. The van der Waals surface area contributed by atoms with Crippen LogP contribution in [0.3, 0.4) is 0 Å². The van der Waals surface area contributed by atoms with Crippen molar-refractivity contribution in [3.63, 3.8) is 0 Å². The van der Waals surface area contributed by atoms with Gasteiger partial charge >= 0.3 is 0 Å². The third kappa shape index (κ3) is 2.81. The molecule has 1 aliphatic rings. The molecule has 0 saturated heterocycles. The molecule has 0 unspecified atom stereocenters. The Morgan fingerprint density at radius 3 is 2.91 bits per heavy atom. The summed E-state index contributed by atoms with van der Waals surface area (Å²) in [7, 11) is 0. The van der Waals surface area contributed by atoms with Gasteiger partial charge in [-0.2, -0.15) is 4.98 Å². The summed E-state index contributed by atoms with van der Waals surface area (Å²) in [4.78, 5) is 4.44. The van der Waals surface area contributed by atoms with Gasteiger partial charge in [0.25, 0.3) is 0 Å². The molecule has 23 heavy (non-hydrogen) atoms. The fourth-order valence-corrected chi connectivity index (χ4v) is 3.08. The predicted molar refractivity (Wildman–Crippen MR) is 86.2 cm³/mol. The first-order valence-corrected chi connectivity index (χ1v) is 8.42. The van der Waals surface area contributed by atoms with Crippen molar-refractivity contribution in [3.8, 4) is 11.4 Å². The maximum Gasteiger partial charge on any atom is 0.237 e. The summed E-state index contributed by atoms with van der Waals surface area (Å²) < 4.78 is 6.89. The molecule has 0 spiro atoms. The molecule has 1 saturated carbocycles. The number of aromatic nitrogens is 5. The Morgan fingerprint density at radius 1 is 1.30 bits per heavy atom. The van der Waals surface area contributed by atoms with Crippen LogP contribution in [0, 0.1) is 6.92 Å². The van der Waals surface area contributed by atoms with E-state index in [-0.39, 0.29) is 0 Å². The molecule has 1 aliphatic carbocycles. The van der Waals surface area contributed by atoms with Gasteiger partial charge in [0, 0.05) is 11.5 Å². The highest BCUT2D eigenvalue weighted by atomic mass is 32.2. The molecule has 118 valence electrons. The summed E-state index contributed by atoms with van der Waals surface area (Å²) in [6.07, 6.45) is 2.28. The highest BCUT2D eigenvalue weighted by Crippen LogP contribution is 2.39. The molecule has 2 heterocycles. The number of aryl methyl sites for hydroxylation is 1. The minimum absolute atomic E-state index is 0.470. The second kappa shape index (κ2) is 5.69. The van der Waals surface area contributed by atoms with Crippen LogP contribution >= 0.6 is 11.8 Å². The van der Waals surface area contributed by atoms with Crippen molar-refractivity contribution in [1.29, 1.82) is 0 Å². The van der Waals surface area contributed by atoms with Crippen molar-refractivity contribution in [3.05, 3.63) is 41.5 Å². The van der Waals surface area contributed by atoms with Gasteiger partial charge in [-0.3, -0.25) is 0 Å². The number of nitrogens with zero attached hydrogens (tertiary/aromatic N) is 5. The summed E-state index contributed by atoms with van der Waals surface area (Å²) in [5.41, 5.74) is 2.09. The van der Waals surface area contributed by atoms with Crippen LogP contribution in [0.1, 0.15) is 36.0 Å². The molecule has 0 bridgehead atoms. The van der Waals surface area contributed by atoms with Crippen LogP contribution in [0.4, 0.5) is 0 Å². The van der Waals surface area contributed by atoms with Crippen LogP contribution < -0.4 is 5.84 Å². The molecule has 0 atom stereocenters. The van der Waals surface area contributed by atoms with Gasteiger partial charge in [0.1, 0.15) is 0 Å². The average Bonchev–Trinajstić information content (AvgIpc) is 3.17. The van der Waals surface area contributed by atoms with Crippen molar-refractivity contribution in [2.24, 2.45) is 0 Å². The van der Waals surface area contributed by atoms with E-state index in [0.29, 0.717) is 28.5 Å². The number of hydrogen-bond acceptors (Lipinski definition) is 7. The maximum absolute atomic E-state index is 6.03. The standard InChI is InChI=1S/C15H16N6OS/c1-9-4-2-3-5-11(9)13-17-12(22-20-13)8-23-15-19-18-14(21(15)16)10-6-7-10/h2-5,10H,6-8,16H2,1H3. The number of rotatable bonds is 5. The Balaban J connectivity index is 1.47.